The van der Waals surface area contributed by atoms with Crippen LogP contribution < -0.4 is 40.4 Å². The number of hydrogen-bond donors (Lipinski definition) is 2. The van der Waals surface area contributed by atoms with Crippen molar-refractivity contribution in [3.63, 3.8) is 0 Å². The zero-order valence-corrected chi connectivity index (χ0v) is 18.8. The smallest absolute Gasteiger partial charge is 0.858 e. The molecule has 3 heterocycles. The summed E-state index contributed by atoms with van der Waals surface area (Å²) in [5, 5.41) is 23.6. The Morgan fingerprint density at radius 1 is 1.50 bits per heavy atom. The average Bonchev–Trinajstić information content (AvgIpc) is 3.38. The monoisotopic (exact) mass is 428 g/mol. The van der Waals surface area contributed by atoms with E-state index in [1.165, 1.54) is 34.1 Å². The number of thiazole rings is 1. The minimum absolute atomic E-state index is 0. The molecule has 4 rings (SSSR count). The second-order valence-electron chi connectivity index (χ2n) is 6.57. The van der Waals surface area contributed by atoms with Gasteiger partial charge in [0.05, 0.1) is 5.69 Å². The number of β-lactam (4-membered cyclic amide) rings is 1. The Morgan fingerprint density at radius 2 is 2.25 bits per heavy atom. The Kier molecular flexibility index (Phi) is 6.55. The number of nitrogens with zero attached hydrogens (tertiary/aromatic N) is 3. The number of thioether (sulfide) groups is 1. The van der Waals surface area contributed by atoms with Crippen molar-refractivity contribution in [2.75, 3.05) is 11.5 Å². The molecule has 0 spiro atoms. The van der Waals surface area contributed by atoms with Crippen LogP contribution in [0.5, 0.6) is 0 Å². The van der Waals surface area contributed by atoms with Crippen LogP contribution >= 0.6 is 23.1 Å². The minimum atomic E-state index is -1.15. The molecule has 2 aliphatic heterocycles. The predicted molar refractivity (Wildman–Crippen MR) is 102 cm³/mol. The normalized spacial score (nSPS) is 24.8. The fraction of sp³-hybridized carbons (Fsp3) is 0.412. The molecule has 1 saturated carbocycles. The van der Waals surface area contributed by atoms with Crippen LogP contribution in [-0.2, 0) is 9.59 Å². The predicted octanol–water partition coefficient (Wildman–Crippen LogP) is -2.08. The van der Waals surface area contributed by atoms with Gasteiger partial charge in [-0.25, -0.2) is 9.78 Å². The van der Waals surface area contributed by atoms with Gasteiger partial charge in [-0.05, 0) is 37.2 Å². The number of aliphatic carboxylic acids is 1. The Hall–Kier alpha value is -1.33. The van der Waals surface area contributed by atoms with E-state index in [9.17, 15) is 19.8 Å². The number of allylic oxidation sites excluding steroid dienone is 1. The van der Waals surface area contributed by atoms with Crippen molar-refractivity contribution in [2.24, 2.45) is 10.9 Å². The van der Waals surface area contributed by atoms with E-state index >= 15 is 0 Å². The fourth-order valence-corrected chi connectivity index (χ4v) is 4.79. The molecule has 0 unspecified atom stereocenters. The number of rotatable bonds is 6. The Morgan fingerprint density at radius 3 is 2.86 bits per heavy atom. The third-order valence-electron chi connectivity index (χ3n) is 4.67. The first-order valence-corrected chi connectivity index (χ1v) is 10.4. The summed E-state index contributed by atoms with van der Waals surface area (Å²) in [6, 6.07) is -0.870. The van der Waals surface area contributed by atoms with Crippen molar-refractivity contribution in [1.82, 2.24) is 9.88 Å². The zero-order chi connectivity index (χ0) is 19.1. The molecule has 1 aliphatic carbocycles. The van der Waals surface area contributed by atoms with Gasteiger partial charge in [-0.1, -0.05) is 6.08 Å². The standard InChI is InChI=1S/C17H18N4O4S2.Na/c18-17-19-10(7-27-17)9(4-3-8-1-2-8)13(22)20-12-14(23)21-11(16(24)25)5-6-26-15(12)21;/h4-5,7-8,12,15H,1-3,6H2,(H2,18,19)(H,20,22)(H,24,25);/q;+1/p-1/b9-4-;/t12-,15-;/m1./s1. The molecule has 0 bridgehead atoms. The molecule has 1 aromatic rings. The van der Waals surface area contributed by atoms with Crippen LogP contribution in [0.2, 0.25) is 0 Å². The van der Waals surface area contributed by atoms with Crippen molar-refractivity contribution in [1.29, 1.82) is 0 Å². The van der Waals surface area contributed by atoms with E-state index in [2.05, 4.69) is 9.98 Å². The molecule has 28 heavy (non-hydrogen) atoms. The van der Waals surface area contributed by atoms with Gasteiger partial charge in [0.15, 0.2) is 11.2 Å². The molecular weight excluding hydrogens is 411 g/mol. The average molecular weight is 428 g/mol. The number of carbonyl (C=O) groups excluding carboxylic acids is 1. The molecule has 3 N–H and O–H groups in total. The van der Waals surface area contributed by atoms with Crippen molar-refractivity contribution in [2.45, 2.75) is 30.7 Å². The first-order chi connectivity index (χ1) is 13.0. The quantitative estimate of drug-likeness (QED) is 0.230. The number of hydrogen-bond acceptors (Lipinski definition) is 8. The SMILES string of the molecule is Nc1nc(/C(=C/CC2CC2)C([O-])=N[C@@H]2C(=O)N3C(C(=O)O)=CCS[C@H]23)cs1.[Na+]. The summed E-state index contributed by atoms with van der Waals surface area (Å²) in [7, 11) is 0. The molecule has 0 aromatic carbocycles. The number of fused-ring (bicyclic) bond motifs is 1. The van der Waals surface area contributed by atoms with Crippen LogP contribution in [0.1, 0.15) is 25.0 Å². The fourth-order valence-electron chi connectivity index (χ4n) is 3.05. The van der Waals surface area contributed by atoms with Crippen LogP contribution in [-0.4, -0.2) is 49.9 Å². The number of anilines is 1. The molecule has 3 aliphatic rings. The second-order valence-corrected chi connectivity index (χ2v) is 8.61. The van der Waals surface area contributed by atoms with E-state index in [-0.39, 0.29) is 35.3 Å². The van der Waals surface area contributed by atoms with Gasteiger partial charge in [0, 0.05) is 16.7 Å². The Bertz CT molecular complexity index is 893. The van der Waals surface area contributed by atoms with Crippen molar-refractivity contribution >= 4 is 51.6 Å². The summed E-state index contributed by atoms with van der Waals surface area (Å²) in [6.45, 7) is 0. The maximum absolute atomic E-state index is 12.8. The van der Waals surface area contributed by atoms with E-state index in [0.29, 0.717) is 28.1 Å². The number of aliphatic imine (C=N–C) groups is 1. The molecule has 1 amide bonds. The molecular formula is C17H17N4NaO4S2. The summed E-state index contributed by atoms with van der Waals surface area (Å²) >= 11 is 2.64. The third kappa shape index (κ3) is 4.16. The Balaban J connectivity index is 0.00000225. The third-order valence-corrected chi connectivity index (χ3v) is 6.52. The first-order valence-electron chi connectivity index (χ1n) is 8.50. The second kappa shape index (κ2) is 8.58. The van der Waals surface area contributed by atoms with Gasteiger partial charge < -0.3 is 15.9 Å². The number of nitrogens with two attached hydrogens (primary N) is 1. The van der Waals surface area contributed by atoms with Gasteiger partial charge in [-0.15, -0.1) is 23.1 Å². The van der Waals surface area contributed by atoms with Gasteiger partial charge >= 0.3 is 35.5 Å². The van der Waals surface area contributed by atoms with E-state index < -0.39 is 29.2 Å². The molecule has 2 fully saturated rings. The van der Waals surface area contributed by atoms with Crippen molar-refractivity contribution in [3.05, 3.63) is 28.9 Å². The minimum Gasteiger partial charge on any atom is -0.858 e. The summed E-state index contributed by atoms with van der Waals surface area (Å²) in [5.41, 5.74) is 6.47. The van der Waals surface area contributed by atoms with Crippen molar-refractivity contribution in [3.8, 4) is 0 Å². The number of carboxylic acids is 1. The van der Waals surface area contributed by atoms with Gasteiger partial charge in [0.1, 0.15) is 11.1 Å². The zero-order valence-electron chi connectivity index (χ0n) is 15.2. The van der Waals surface area contributed by atoms with Crippen LogP contribution in [0.3, 0.4) is 0 Å². The first kappa shape index (κ1) is 21.4. The molecule has 142 valence electrons. The topological polar surface area (TPSA) is 132 Å². The van der Waals surface area contributed by atoms with Crippen LogP contribution in [0.25, 0.3) is 5.57 Å². The van der Waals surface area contributed by atoms with E-state index in [0.717, 1.165) is 19.3 Å². The summed E-state index contributed by atoms with van der Waals surface area (Å²) in [6.07, 6.45) is 6.39. The van der Waals surface area contributed by atoms with Gasteiger partial charge in [0.2, 0.25) is 0 Å². The molecule has 2 atom stereocenters. The Labute approximate surface area is 191 Å². The van der Waals surface area contributed by atoms with Crippen LogP contribution in [0.15, 0.2) is 28.2 Å². The molecule has 11 heteroatoms. The van der Waals surface area contributed by atoms with E-state index in [1.807, 2.05) is 6.08 Å². The van der Waals surface area contributed by atoms with Gasteiger partial charge in [-0.3, -0.25) is 14.7 Å². The molecule has 1 aromatic heterocycles. The number of nitrogen functional groups attached to an aromatic ring is 1. The largest absolute Gasteiger partial charge is 1.00 e. The van der Waals surface area contributed by atoms with Crippen LogP contribution in [0, 0.1) is 5.92 Å². The van der Waals surface area contributed by atoms with Gasteiger partial charge in [0.25, 0.3) is 5.91 Å². The number of carboxylic acid groups (broad SMARTS) is 1. The van der Waals surface area contributed by atoms with E-state index in [4.69, 9.17) is 5.73 Å². The molecule has 0 radical (unpaired) electrons. The van der Waals surface area contributed by atoms with E-state index in [1.54, 1.807) is 5.38 Å². The van der Waals surface area contributed by atoms with Crippen molar-refractivity contribution < 1.29 is 49.4 Å². The maximum Gasteiger partial charge on any atom is 1.00 e. The molecule has 1 saturated heterocycles. The summed E-state index contributed by atoms with van der Waals surface area (Å²) in [4.78, 5) is 33.2. The summed E-state index contributed by atoms with van der Waals surface area (Å²) in [5.74, 6) is -1.08. The molecule has 8 nitrogen and oxygen atoms in total. The number of amides is 1. The summed E-state index contributed by atoms with van der Waals surface area (Å²) < 4.78 is 0. The number of carbonyl (C=O) groups is 2. The number of aromatic nitrogens is 1. The van der Waals surface area contributed by atoms with Crippen LogP contribution in [0.4, 0.5) is 5.13 Å². The maximum atomic E-state index is 12.8. The van der Waals surface area contributed by atoms with Gasteiger partial charge in [-0.2, -0.15) is 0 Å².